The van der Waals surface area contributed by atoms with Gasteiger partial charge in [0.25, 0.3) is 10.0 Å². The fourth-order valence-corrected chi connectivity index (χ4v) is 5.40. The van der Waals surface area contributed by atoms with Crippen molar-refractivity contribution >= 4 is 39.4 Å². The Bertz CT molecular complexity index is 1020. The number of piperazine rings is 1. The highest BCUT2D eigenvalue weighted by Gasteiger charge is 2.35. The molecule has 33 heavy (non-hydrogen) atoms. The van der Waals surface area contributed by atoms with Crippen LogP contribution in [0.1, 0.15) is 40.0 Å². The summed E-state index contributed by atoms with van der Waals surface area (Å²) in [5.74, 6) is -0.645. The number of benzene rings is 1. The molecule has 0 bridgehead atoms. The average Bonchev–Trinajstić information content (AvgIpc) is 2.63. The second kappa shape index (κ2) is 9.53. The summed E-state index contributed by atoms with van der Waals surface area (Å²) in [4.78, 5) is 28.8. The number of primary amides is 1. The van der Waals surface area contributed by atoms with Gasteiger partial charge in [0, 0.05) is 32.2 Å². The van der Waals surface area contributed by atoms with Crippen molar-refractivity contribution in [3.8, 4) is 5.75 Å². The Labute approximate surface area is 198 Å². The summed E-state index contributed by atoms with van der Waals surface area (Å²) >= 11 is 6.14. The lowest BCUT2D eigenvalue weighted by atomic mass is 9.91. The van der Waals surface area contributed by atoms with Gasteiger partial charge in [-0.1, -0.05) is 11.6 Å². The van der Waals surface area contributed by atoms with Gasteiger partial charge < -0.3 is 20.5 Å². The van der Waals surface area contributed by atoms with Crippen LogP contribution in [0, 0.1) is 0 Å². The molecule has 13 heteroatoms. The van der Waals surface area contributed by atoms with Gasteiger partial charge in [0.1, 0.15) is 10.5 Å². The highest BCUT2D eigenvalue weighted by Crippen LogP contribution is 2.41. The molecule has 4 N–H and O–H groups in total. The number of aromatic hydroxyl groups is 1. The number of halogens is 1. The summed E-state index contributed by atoms with van der Waals surface area (Å²) in [6.45, 7) is 6.19. The Morgan fingerprint density at radius 2 is 1.82 bits per heavy atom. The number of sulfonamides is 1. The molecule has 0 spiro atoms. The number of rotatable bonds is 5. The van der Waals surface area contributed by atoms with Gasteiger partial charge in [-0.25, -0.2) is 23.0 Å². The minimum atomic E-state index is -4.30. The molecular formula is C20H30ClN5O6S. The highest BCUT2D eigenvalue weighted by atomic mass is 35.5. The number of phenolic OH excluding ortho intramolecular Hbond substituents is 1. The molecule has 0 aromatic heterocycles. The van der Waals surface area contributed by atoms with Gasteiger partial charge >= 0.3 is 12.1 Å². The quantitative estimate of drug-likeness (QED) is 0.558. The molecule has 1 aromatic carbocycles. The van der Waals surface area contributed by atoms with E-state index in [0.29, 0.717) is 12.8 Å². The van der Waals surface area contributed by atoms with Gasteiger partial charge in [0.2, 0.25) is 0 Å². The highest BCUT2D eigenvalue weighted by molar-refractivity contribution is 7.89. The lowest BCUT2D eigenvalue weighted by molar-refractivity contribution is 0.0126. The number of nitrogens with two attached hydrogens (primary N) is 1. The molecule has 11 nitrogen and oxygen atoms in total. The average molecular weight is 504 g/mol. The smallest absolute Gasteiger partial charge is 0.410 e. The van der Waals surface area contributed by atoms with E-state index in [1.54, 1.807) is 20.8 Å². The van der Waals surface area contributed by atoms with E-state index in [-0.39, 0.29) is 42.9 Å². The number of nitrogens with zero attached hydrogens (tertiary/aromatic N) is 3. The van der Waals surface area contributed by atoms with E-state index >= 15 is 0 Å². The molecule has 0 unspecified atom stereocenters. The van der Waals surface area contributed by atoms with Crippen LogP contribution in [0.25, 0.3) is 0 Å². The minimum absolute atomic E-state index is 0.00767. The summed E-state index contributed by atoms with van der Waals surface area (Å²) in [5.41, 5.74) is 4.86. The lowest BCUT2D eigenvalue weighted by Crippen LogP contribution is -2.55. The molecule has 1 aliphatic heterocycles. The van der Waals surface area contributed by atoms with Crippen LogP contribution in [-0.4, -0.2) is 73.4 Å². The zero-order valence-corrected chi connectivity index (χ0v) is 20.4. The Hall–Kier alpha value is -2.28. The molecule has 2 fully saturated rings. The number of carbonyl (C=O) groups excluding carboxylic acids is 2. The van der Waals surface area contributed by atoms with Crippen molar-refractivity contribution in [3.05, 3.63) is 17.2 Å². The van der Waals surface area contributed by atoms with Gasteiger partial charge in [-0.2, -0.15) is 0 Å². The van der Waals surface area contributed by atoms with Crippen LogP contribution in [0.15, 0.2) is 17.0 Å². The second-order valence-corrected chi connectivity index (χ2v) is 11.1. The summed E-state index contributed by atoms with van der Waals surface area (Å²) in [6.07, 6.45) is 1.84. The van der Waals surface area contributed by atoms with Crippen molar-refractivity contribution in [1.82, 2.24) is 14.7 Å². The summed E-state index contributed by atoms with van der Waals surface area (Å²) in [7, 11) is -4.30. The molecule has 1 aromatic rings. The largest absolute Gasteiger partial charge is 0.504 e. The number of anilines is 1. The second-order valence-electron chi connectivity index (χ2n) is 9.09. The standard InChI is InChI=1S/C20H30ClN5O6S/c1-20(2,3)32-19(29)24-9-11-25(12-10-24)23-33(30,31)17-14(21)7-8-15(16(17)27)26(18(22)28)13-5-4-6-13/h7-8,13,23,27H,4-6,9-12H2,1-3H3,(H2,22,28). The van der Waals surface area contributed by atoms with E-state index in [1.807, 2.05) is 0 Å². The monoisotopic (exact) mass is 503 g/mol. The molecule has 3 rings (SSSR count). The topological polar surface area (TPSA) is 146 Å². The molecule has 184 valence electrons. The third kappa shape index (κ3) is 5.81. The summed E-state index contributed by atoms with van der Waals surface area (Å²) in [6, 6.07) is 1.69. The number of carbonyl (C=O) groups is 2. The Kier molecular flexibility index (Phi) is 7.32. The maximum atomic E-state index is 13.1. The predicted octanol–water partition coefficient (Wildman–Crippen LogP) is 2.23. The number of hydrazine groups is 1. The SMILES string of the molecule is CC(C)(C)OC(=O)N1CCN(NS(=O)(=O)c2c(Cl)ccc(N(C(N)=O)C3CCC3)c2O)CC1. The predicted molar refractivity (Wildman–Crippen MR) is 123 cm³/mol. The summed E-state index contributed by atoms with van der Waals surface area (Å²) < 4.78 is 31.6. The maximum Gasteiger partial charge on any atom is 0.410 e. The van der Waals surface area contributed by atoms with E-state index in [0.717, 1.165) is 6.42 Å². The van der Waals surface area contributed by atoms with Gasteiger partial charge in [0.15, 0.2) is 5.75 Å². The number of ether oxygens (including phenoxy) is 1. The molecule has 0 radical (unpaired) electrons. The lowest BCUT2D eigenvalue weighted by Gasteiger charge is -2.37. The zero-order valence-electron chi connectivity index (χ0n) is 18.9. The fraction of sp³-hybridized carbons (Fsp3) is 0.600. The van der Waals surface area contributed by atoms with E-state index in [2.05, 4.69) is 4.83 Å². The molecule has 1 aliphatic carbocycles. The van der Waals surface area contributed by atoms with Crippen LogP contribution in [0.2, 0.25) is 5.02 Å². The van der Waals surface area contributed by atoms with Gasteiger partial charge in [-0.05, 0) is 52.2 Å². The van der Waals surface area contributed by atoms with Crippen LogP contribution in [0.3, 0.4) is 0 Å². The van der Waals surface area contributed by atoms with E-state index in [1.165, 1.54) is 26.9 Å². The molecule has 1 saturated carbocycles. The number of urea groups is 1. The van der Waals surface area contributed by atoms with E-state index in [9.17, 15) is 23.1 Å². The van der Waals surface area contributed by atoms with Crippen LogP contribution >= 0.6 is 11.6 Å². The third-order valence-electron chi connectivity index (χ3n) is 5.45. The maximum absolute atomic E-state index is 13.1. The van der Waals surface area contributed by atoms with Gasteiger partial charge in [-0.3, -0.25) is 4.90 Å². The Morgan fingerprint density at radius 3 is 2.30 bits per heavy atom. The number of hydrogen-bond donors (Lipinski definition) is 3. The summed E-state index contributed by atoms with van der Waals surface area (Å²) in [5, 5.41) is 12.0. The normalized spacial score (nSPS) is 18.0. The van der Waals surface area contributed by atoms with Crippen molar-refractivity contribution < 1.29 is 27.9 Å². The van der Waals surface area contributed by atoms with Crippen molar-refractivity contribution in [3.63, 3.8) is 0 Å². The van der Waals surface area contributed by atoms with Crippen molar-refractivity contribution in [2.24, 2.45) is 5.73 Å². The first-order chi connectivity index (χ1) is 15.3. The van der Waals surface area contributed by atoms with Crippen LogP contribution in [0.4, 0.5) is 15.3 Å². The molecular weight excluding hydrogens is 474 g/mol. The molecule has 0 atom stereocenters. The first-order valence-corrected chi connectivity index (χ1v) is 12.5. The molecule has 1 heterocycles. The van der Waals surface area contributed by atoms with Crippen molar-refractivity contribution in [2.45, 2.75) is 56.6 Å². The van der Waals surface area contributed by atoms with E-state index < -0.39 is 38.4 Å². The first kappa shape index (κ1) is 25.3. The Morgan fingerprint density at radius 1 is 1.21 bits per heavy atom. The molecule has 1 saturated heterocycles. The van der Waals surface area contributed by atoms with Gasteiger partial charge in [0.05, 0.1) is 10.7 Å². The van der Waals surface area contributed by atoms with Gasteiger partial charge in [-0.15, -0.1) is 4.83 Å². The van der Waals surface area contributed by atoms with Crippen molar-refractivity contribution in [2.75, 3.05) is 31.1 Å². The number of amides is 3. The molecule has 2 aliphatic rings. The molecule has 3 amide bonds. The third-order valence-corrected chi connectivity index (χ3v) is 7.32. The van der Waals surface area contributed by atoms with Crippen LogP contribution < -0.4 is 15.5 Å². The van der Waals surface area contributed by atoms with Crippen molar-refractivity contribution in [1.29, 1.82) is 0 Å². The van der Waals surface area contributed by atoms with Crippen LogP contribution in [0.5, 0.6) is 5.75 Å². The Balaban J connectivity index is 1.76. The number of nitrogens with one attached hydrogen (secondary N) is 1. The fourth-order valence-electron chi connectivity index (χ4n) is 3.65. The van der Waals surface area contributed by atoms with E-state index in [4.69, 9.17) is 22.1 Å². The number of hydrogen-bond acceptors (Lipinski definition) is 7. The minimum Gasteiger partial charge on any atom is -0.504 e. The zero-order chi connectivity index (χ0) is 24.6. The number of phenols is 1. The van der Waals surface area contributed by atoms with Crippen LogP contribution in [-0.2, 0) is 14.8 Å². The first-order valence-electron chi connectivity index (χ1n) is 10.7.